The normalized spacial score (nSPS) is 14.5. The molecule has 0 bridgehead atoms. The van der Waals surface area contributed by atoms with Gasteiger partial charge in [-0.2, -0.15) is 30.3 Å². The molecule has 1 aromatic carbocycles. The Balaban J connectivity index is -0.00000152. The Morgan fingerprint density at radius 1 is 1.23 bits per heavy atom. The number of rotatable bonds is 5. The fourth-order valence-electron chi connectivity index (χ4n) is 3.34. The van der Waals surface area contributed by atoms with E-state index in [0.29, 0.717) is 12.2 Å². The summed E-state index contributed by atoms with van der Waals surface area (Å²) in [6.45, 7) is 14.2. The van der Waals surface area contributed by atoms with Crippen molar-refractivity contribution in [3.8, 4) is 0 Å². The predicted octanol–water partition coefficient (Wildman–Crippen LogP) is 4.49. The van der Waals surface area contributed by atoms with E-state index in [1.165, 1.54) is 0 Å². The first-order valence-electron chi connectivity index (χ1n) is 9.84. The van der Waals surface area contributed by atoms with Crippen LogP contribution in [0.25, 0.3) is 5.57 Å². The molecular weight excluding hydrogens is 547 g/mol. The van der Waals surface area contributed by atoms with E-state index in [1.807, 2.05) is 70.8 Å². The number of carboxylic acids is 1. The molecule has 5 nitrogen and oxygen atoms in total. The number of nitrogens with two attached hydrogens (primary N) is 1. The average Bonchev–Trinajstić information content (AvgIpc) is 2.60. The molecule has 0 aromatic heterocycles. The van der Waals surface area contributed by atoms with Gasteiger partial charge in [0, 0.05) is 12.7 Å². The van der Waals surface area contributed by atoms with Crippen LogP contribution in [0.3, 0.4) is 0 Å². The van der Waals surface area contributed by atoms with Crippen molar-refractivity contribution >= 4 is 25.0 Å². The van der Waals surface area contributed by atoms with E-state index in [0.717, 1.165) is 22.4 Å². The van der Waals surface area contributed by atoms with Crippen LogP contribution < -0.4 is 5.73 Å². The topological polar surface area (TPSA) is 75.8 Å². The monoisotopic (exact) mass is 587 g/mol. The molecule has 0 spiro atoms. The molecule has 2 rings (SSSR count). The number of carboxylic acid groups (broad SMARTS) is 1. The summed E-state index contributed by atoms with van der Waals surface area (Å²) >= 11 is 0. The number of ether oxygens (including phenoxy) is 1. The van der Waals surface area contributed by atoms with Crippen molar-refractivity contribution in [3.05, 3.63) is 60.3 Å². The van der Waals surface area contributed by atoms with Crippen LogP contribution in [0.1, 0.15) is 54.0 Å². The van der Waals surface area contributed by atoms with Crippen LogP contribution in [0.4, 0.5) is 0 Å². The molecule has 0 fully saturated rings. The third-order valence-corrected chi connectivity index (χ3v) is 4.22. The molecule has 1 atom stereocenters. The zero-order valence-corrected chi connectivity index (χ0v) is 23.8. The van der Waals surface area contributed by atoms with Crippen LogP contribution in [-0.2, 0) is 23.0 Å². The second-order valence-corrected chi connectivity index (χ2v) is 7.95. The van der Waals surface area contributed by atoms with Gasteiger partial charge in [-0.15, -0.1) is 5.56 Å². The largest absolute Gasteiger partial charge is 3.00 e. The Labute approximate surface area is 229 Å². The zero-order chi connectivity index (χ0) is 21.6. The summed E-state index contributed by atoms with van der Waals surface area (Å²) in [5, 5.41) is 9.92. The number of likely N-dealkylation sites (N-methyl/N-ethyl adjacent to an activating group) is 1. The number of nitrogens with zero attached hydrogens (tertiary/aromatic N) is 1. The van der Waals surface area contributed by atoms with Crippen LogP contribution in [-0.4, -0.2) is 41.3 Å². The van der Waals surface area contributed by atoms with E-state index in [-0.39, 0.29) is 67.2 Å². The van der Waals surface area contributed by atoms with Gasteiger partial charge in [0.25, 0.3) is 0 Å². The van der Waals surface area contributed by atoms with Gasteiger partial charge in [-0.05, 0) is 37.8 Å². The molecule has 1 aliphatic rings. The molecule has 0 aliphatic carbocycles. The van der Waals surface area contributed by atoms with Crippen molar-refractivity contribution in [1.82, 2.24) is 4.90 Å². The van der Waals surface area contributed by atoms with Gasteiger partial charge < -0.3 is 41.4 Å². The molecule has 1 aliphatic heterocycles. The van der Waals surface area contributed by atoms with E-state index < -0.39 is 17.7 Å². The molecule has 1 radical (unpaired) electrons. The maximum absolute atomic E-state index is 12.1. The number of benzene rings is 1. The molecule has 1 aromatic rings. The van der Waals surface area contributed by atoms with Crippen molar-refractivity contribution in [2.75, 3.05) is 13.6 Å². The fourth-order valence-corrected chi connectivity index (χ4v) is 3.34. The number of hydrogen-bond donors (Lipinski definition) is 2. The SMILES string of the molecule is CC.CC(C)C1=C(N)CN(C)C(C(OC(C)(C)C)C(=O)O)=C1c1cc[c-]cc1.[CH3-].[SH-].[Sm+3]. The summed E-state index contributed by atoms with van der Waals surface area (Å²) in [5.41, 5.74) is 9.91. The molecular formula is C24H39N2O3SSm. The fraction of sp³-hybridized carbons (Fsp3) is 0.500. The first-order chi connectivity index (χ1) is 13.0. The van der Waals surface area contributed by atoms with Crippen molar-refractivity contribution in [2.24, 2.45) is 11.7 Å². The molecule has 0 amide bonds. The van der Waals surface area contributed by atoms with Crippen LogP contribution in [0, 0.1) is 59.8 Å². The van der Waals surface area contributed by atoms with Crippen molar-refractivity contribution in [2.45, 2.75) is 60.2 Å². The Kier molecular flexibility index (Phi) is 17.3. The van der Waals surface area contributed by atoms with E-state index in [1.54, 1.807) is 0 Å². The maximum Gasteiger partial charge on any atom is 3.00 e. The third kappa shape index (κ3) is 9.43. The molecule has 0 saturated heterocycles. The molecule has 3 N–H and O–H groups in total. The molecule has 0 saturated carbocycles. The van der Waals surface area contributed by atoms with Crippen LogP contribution >= 0.6 is 0 Å². The first-order valence-corrected chi connectivity index (χ1v) is 9.84. The standard InChI is InChI=1S/C21H29N2O3.C2H6.CH3.H2S.Sm/c1-13(2)16-15(22)12-23(6)18(17(16)14-10-8-7-9-11-14)19(20(24)25)26-21(3,4)5;1-2;;;/h8-11,13,19H,12,22H2,1-6H3,(H,24,25);1-2H3;1H3;1H2;/q-1;;-1;;+3/p-1. The predicted molar refractivity (Wildman–Crippen MR) is 130 cm³/mol. The smallest absolute Gasteiger partial charge is 0.813 e. The molecule has 7 heteroatoms. The summed E-state index contributed by atoms with van der Waals surface area (Å²) in [5.74, 6) is -0.854. The van der Waals surface area contributed by atoms with Crippen LogP contribution in [0.15, 0.2) is 41.2 Å². The van der Waals surface area contributed by atoms with Crippen molar-refractivity contribution < 1.29 is 55.0 Å². The zero-order valence-electron chi connectivity index (χ0n) is 20.3. The Morgan fingerprint density at radius 2 is 1.71 bits per heavy atom. The van der Waals surface area contributed by atoms with Gasteiger partial charge in [-0.1, -0.05) is 27.7 Å². The maximum atomic E-state index is 12.1. The minimum absolute atomic E-state index is 0. The van der Waals surface area contributed by atoms with Gasteiger partial charge in [0.05, 0.1) is 17.8 Å². The average molecular weight is 586 g/mol. The van der Waals surface area contributed by atoms with Crippen molar-refractivity contribution in [3.63, 3.8) is 0 Å². The Hall–Kier alpha value is -0.582. The minimum Gasteiger partial charge on any atom is -0.813 e. The Bertz CT molecular complexity index is 741. The van der Waals surface area contributed by atoms with Gasteiger partial charge in [0.2, 0.25) is 0 Å². The van der Waals surface area contributed by atoms with Gasteiger partial charge in [-0.3, -0.25) is 0 Å². The van der Waals surface area contributed by atoms with E-state index in [9.17, 15) is 9.90 Å². The van der Waals surface area contributed by atoms with Crippen LogP contribution in [0.2, 0.25) is 0 Å². The summed E-state index contributed by atoms with van der Waals surface area (Å²) < 4.78 is 5.95. The van der Waals surface area contributed by atoms with E-state index >= 15 is 0 Å². The third-order valence-electron chi connectivity index (χ3n) is 4.22. The van der Waals surface area contributed by atoms with Gasteiger partial charge >= 0.3 is 46.4 Å². The number of aliphatic carboxylic acids is 1. The molecule has 175 valence electrons. The summed E-state index contributed by atoms with van der Waals surface area (Å²) in [7, 11) is 1.86. The van der Waals surface area contributed by atoms with E-state index in [2.05, 4.69) is 19.9 Å². The number of hydrogen-bond acceptors (Lipinski definition) is 5. The quantitative estimate of drug-likeness (QED) is 0.301. The Morgan fingerprint density at radius 3 is 2.10 bits per heavy atom. The number of carbonyl (C=O) groups is 1. The summed E-state index contributed by atoms with van der Waals surface area (Å²) in [4.78, 5) is 14.0. The summed E-state index contributed by atoms with van der Waals surface area (Å²) in [6, 6.07) is 10.5. The molecule has 1 unspecified atom stereocenters. The molecule has 31 heavy (non-hydrogen) atoms. The number of allylic oxidation sites excluding steroid dienone is 2. The number of thiol groups is 1. The minimum atomic E-state index is -1.08. The van der Waals surface area contributed by atoms with Gasteiger partial charge in [-0.25, -0.2) is 4.79 Å². The van der Waals surface area contributed by atoms with Gasteiger partial charge in [0.1, 0.15) is 0 Å². The second kappa shape index (κ2) is 15.3. The first kappa shape index (κ1) is 35.0. The van der Waals surface area contributed by atoms with Crippen molar-refractivity contribution in [1.29, 1.82) is 0 Å². The second-order valence-electron chi connectivity index (χ2n) is 7.95. The summed E-state index contributed by atoms with van der Waals surface area (Å²) in [6.07, 6.45) is -1.08. The molecule has 1 heterocycles. The van der Waals surface area contributed by atoms with Gasteiger partial charge in [0.15, 0.2) is 6.10 Å². The van der Waals surface area contributed by atoms with E-state index in [4.69, 9.17) is 10.5 Å². The van der Waals surface area contributed by atoms with Crippen LogP contribution in [0.5, 0.6) is 0 Å².